The Bertz CT molecular complexity index is 427. The number of ether oxygens (including phenoxy) is 2. The highest BCUT2D eigenvalue weighted by atomic mass is 16.5. The summed E-state index contributed by atoms with van der Waals surface area (Å²) in [5.41, 5.74) is 7.10. The van der Waals surface area contributed by atoms with E-state index in [0.29, 0.717) is 12.3 Å². The Morgan fingerprint density at radius 1 is 1.39 bits per heavy atom. The molecule has 3 N–H and O–H groups in total. The van der Waals surface area contributed by atoms with Gasteiger partial charge in [-0.05, 0) is 36.6 Å². The molecule has 5 heteroatoms. The Kier molecular flexibility index (Phi) is 4.17. The summed E-state index contributed by atoms with van der Waals surface area (Å²) in [5, 5.41) is 8.94. The van der Waals surface area contributed by atoms with E-state index in [2.05, 4.69) is 0 Å². The van der Waals surface area contributed by atoms with Crippen molar-refractivity contribution in [2.24, 2.45) is 0 Å². The molecule has 2 rings (SSSR count). The lowest BCUT2D eigenvalue weighted by Crippen LogP contribution is -2.23. The number of aromatic carboxylic acids is 1. The van der Waals surface area contributed by atoms with Crippen molar-refractivity contribution in [3.63, 3.8) is 0 Å². The summed E-state index contributed by atoms with van der Waals surface area (Å²) in [6.45, 7) is 1.83. The Balaban J connectivity index is 1.97. The number of anilines is 1. The van der Waals surface area contributed by atoms with E-state index in [9.17, 15) is 4.79 Å². The van der Waals surface area contributed by atoms with Crippen LogP contribution in [0, 0.1) is 0 Å². The summed E-state index contributed by atoms with van der Waals surface area (Å²) in [6, 6.07) is 4.78. The van der Waals surface area contributed by atoms with Crippen molar-refractivity contribution in [2.75, 3.05) is 18.9 Å². The summed E-state index contributed by atoms with van der Waals surface area (Å²) in [6.07, 6.45) is 1.95. The van der Waals surface area contributed by atoms with E-state index in [1.54, 1.807) is 12.1 Å². The van der Waals surface area contributed by atoms with Gasteiger partial charge in [-0.15, -0.1) is 0 Å². The minimum Gasteiger partial charge on any atom is -0.478 e. The van der Waals surface area contributed by atoms with Crippen LogP contribution in [0.3, 0.4) is 0 Å². The zero-order valence-electron chi connectivity index (χ0n) is 10.1. The Labute approximate surface area is 106 Å². The normalized spacial score (nSPS) is 16.7. The summed E-state index contributed by atoms with van der Waals surface area (Å²) in [5.74, 6) is -0.977. The average Bonchev–Trinajstić information content (AvgIpc) is 2.37. The van der Waals surface area contributed by atoms with E-state index in [1.807, 2.05) is 0 Å². The molecule has 0 bridgehead atoms. The third-order valence-corrected chi connectivity index (χ3v) is 2.92. The van der Waals surface area contributed by atoms with Gasteiger partial charge in [-0.2, -0.15) is 0 Å². The molecule has 1 aromatic carbocycles. The van der Waals surface area contributed by atoms with Crippen LogP contribution in [0.4, 0.5) is 5.69 Å². The molecule has 0 aliphatic carbocycles. The maximum Gasteiger partial charge on any atom is 0.335 e. The minimum atomic E-state index is -0.977. The number of nitrogens with two attached hydrogens (primary N) is 1. The topological polar surface area (TPSA) is 81.8 Å². The fourth-order valence-electron chi connectivity index (χ4n) is 1.98. The molecule has 98 valence electrons. The van der Waals surface area contributed by atoms with E-state index in [0.717, 1.165) is 31.6 Å². The van der Waals surface area contributed by atoms with Crippen molar-refractivity contribution in [2.45, 2.75) is 25.6 Å². The van der Waals surface area contributed by atoms with Crippen molar-refractivity contribution in [3.8, 4) is 0 Å². The van der Waals surface area contributed by atoms with Gasteiger partial charge < -0.3 is 20.3 Å². The van der Waals surface area contributed by atoms with Crippen molar-refractivity contribution in [1.29, 1.82) is 0 Å². The first kappa shape index (κ1) is 12.9. The van der Waals surface area contributed by atoms with Crippen molar-refractivity contribution < 1.29 is 19.4 Å². The highest BCUT2D eigenvalue weighted by molar-refractivity contribution is 5.89. The lowest BCUT2D eigenvalue weighted by molar-refractivity contribution is -0.0390. The highest BCUT2D eigenvalue weighted by Gasteiger charge is 2.14. The molecule has 0 atom stereocenters. The second-order valence-corrected chi connectivity index (χ2v) is 4.39. The summed E-state index contributed by atoms with van der Waals surface area (Å²) in [4.78, 5) is 10.9. The summed E-state index contributed by atoms with van der Waals surface area (Å²) >= 11 is 0. The van der Waals surface area contributed by atoms with Crippen LogP contribution in [0.2, 0.25) is 0 Å². The maximum atomic E-state index is 10.9. The van der Waals surface area contributed by atoms with E-state index in [-0.39, 0.29) is 11.7 Å². The maximum absolute atomic E-state index is 10.9. The van der Waals surface area contributed by atoms with Gasteiger partial charge in [0.05, 0.1) is 18.3 Å². The molecule has 18 heavy (non-hydrogen) atoms. The molecule has 1 fully saturated rings. The van der Waals surface area contributed by atoms with Crippen molar-refractivity contribution in [1.82, 2.24) is 0 Å². The quantitative estimate of drug-likeness (QED) is 0.795. The molecule has 1 aliphatic rings. The SMILES string of the molecule is Nc1cc(COC2CCOCC2)cc(C(=O)O)c1. The first-order chi connectivity index (χ1) is 8.65. The van der Waals surface area contributed by atoms with E-state index < -0.39 is 5.97 Å². The standard InChI is InChI=1S/C13H17NO4/c14-11-6-9(5-10(7-11)13(15)16)8-18-12-1-3-17-4-2-12/h5-7,12H,1-4,8,14H2,(H,15,16). The van der Waals surface area contributed by atoms with Gasteiger partial charge in [-0.25, -0.2) is 4.79 Å². The fraction of sp³-hybridized carbons (Fsp3) is 0.462. The Hall–Kier alpha value is -1.59. The monoisotopic (exact) mass is 251 g/mol. The number of carboxylic acid groups (broad SMARTS) is 1. The van der Waals surface area contributed by atoms with E-state index in [4.69, 9.17) is 20.3 Å². The van der Waals surface area contributed by atoms with Crippen molar-refractivity contribution >= 4 is 11.7 Å². The predicted octanol–water partition coefficient (Wildman–Crippen LogP) is 1.66. The number of nitrogen functional groups attached to an aromatic ring is 1. The van der Waals surface area contributed by atoms with Gasteiger partial charge in [0.2, 0.25) is 0 Å². The second kappa shape index (κ2) is 5.84. The summed E-state index contributed by atoms with van der Waals surface area (Å²) < 4.78 is 11.0. The van der Waals surface area contributed by atoms with E-state index >= 15 is 0 Å². The Morgan fingerprint density at radius 3 is 2.78 bits per heavy atom. The molecular formula is C13H17NO4. The molecule has 5 nitrogen and oxygen atoms in total. The van der Waals surface area contributed by atoms with Crippen LogP contribution >= 0.6 is 0 Å². The highest BCUT2D eigenvalue weighted by Crippen LogP contribution is 2.17. The van der Waals surface area contributed by atoms with Gasteiger partial charge in [0, 0.05) is 18.9 Å². The zero-order valence-corrected chi connectivity index (χ0v) is 10.1. The number of carboxylic acids is 1. The lowest BCUT2D eigenvalue weighted by atomic mass is 10.1. The molecule has 0 amide bonds. The van der Waals surface area contributed by atoms with Gasteiger partial charge in [0.25, 0.3) is 0 Å². The molecule has 0 aromatic heterocycles. The van der Waals surface area contributed by atoms with Gasteiger partial charge in [0.15, 0.2) is 0 Å². The van der Waals surface area contributed by atoms with Crippen LogP contribution in [-0.2, 0) is 16.1 Å². The van der Waals surface area contributed by atoms with Crippen LogP contribution < -0.4 is 5.73 Å². The molecule has 0 radical (unpaired) electrons. The number of hydrogen-bond donors (Lipinski definition) is 2. The third-order valence-electron chi connectivity index (χ3n) is 2.92. The summed E-state index contributed by atoms with van der Waals surface area (Å²) in [7, 11) is 0. The molecule has 1 aliphatic heterocycles. The zero-order chi connectivity index (χ0) is 13.0. The van der Waals surface area contributed by atoms with Crippen LogP contribution in [0.1, 0.15) is 28.8 Å². The molecule has 0 spiro atoms. The van der Waals surface area contributed by atoms with Crippen LogP contribution in [0.5, 0.6) is 0 Å². The van der Waals surface area contributed by atoms with E-state index in [1.165, 1.54) is 6.07 Å². The van der Waals surface area contributed by atoms with Crippen LogP contribution in [-0.4, -0.2) is 30.4 Å². The number of benzene rings is 1. The number of rotatable bonds is 4. The Morgan fingerprint density at radius 2 is 2.11 bits per heavy atom. The number of carbonyl (C=O) groups is 1. The molecule has 0 saturated carbocycles. The third kappa shape index (κ3) is 3.45. The minimum absolute atomic E-state index is 0.188. The van der Waals surface area contributed by atoms with Gasteiger partial charge in [-0.1, -0.05) is 0 Å². The smallest absolute Gasteiger partial charge is 0.335 e. The van der Waals surface area contributed by atoms with Crippen LogP contribution in [0.25, 0.3) is 0 Å². The van der Waals surface area contributed by atoms with Gasteiger partial charge in [-0.3, -0.25) is 0 Å². The van der Waals surface area contributed by atoms with Crippen LogP contribution in [0.15, 0.2) is 18.2 Å². The molecule has 1 heterocycles. The second-order valence-electron chi connectivity index (χ2n) is 4.39. The fourth-order valence-corrected chi connectivity index (χ4v) is 1.98. The molecular weight excluding hydrogens is 234 g/mol. The number of hydrogen-bond acceptors (Lipinski definition) is 4. The lowest BCUT2D eigenvalue weighted by Gasteiger charge is -2.22. The molecule has 0 unspecified atom stereocenters. The predicted molar refractivity (Wildman–Crippen MR) is 66.4 cm³/mol. The molecule has 1 saturated heterocycles. The first-order valence-electron chi connectivity index (χ1n) is 5.97. The van der Waals surface area contributed by atoms with Crippen molar-refractivity contribution in [3.05, 3.63) is 29.3 Å². The first-order valence-corrected chi connectivity index (χ1v) is 5.97. The largest absolute Gasteiger partial charge is 0.478 e. The van der Waals surface area contributed by atoms with Gasteiger partial charge >= 0.3 is 5.97 Å². The average molecular weight is 251 g/mol. The van der Waals surface area contributed by atoms with Gasteiger partial charge in [0.1, 0.15) is 0 Å². The molecule has 1 aromatic rings.